The van der Waals surface area contributed by atoms with Crippen LogP contribution in [0.15, 0.2) is 24.3 Å². The van der Waals surface area contributed by atoms with E-state index in [0.717, 1.165) is 5.75 Å². The SMILES string of the molecule is CCOc1ccc(OCC(=O)N2CCC(C(N)=O)CC2)cc1. The number of benzene rings is 1. The fourth-order valence-corrected chi connectivity index (χ4v) is 2.45. The molecule has 0 aliphatic carbocycles. The summed E-state index contributed by atoms with van der Waals surface area (Å²) in [5.41, 5.74) is 5.28. The lowest BCUT2D eigenvalue weighted by Crippen LogP contribution is -2.43. The molecule has 6 nitrogen and oxygen atoms in total. The summed E-state index contributed by atoms with van der Waals surface area (Å²) in [6.07, 6.45) is 1.26. The molecule has 1 heterocycles. The summed E-state index contributed by atoms with van der Waals surface area (Å²) in [5.74, 6) is 0.934. The second-order valence-corrected chi connectivity index (χ2v) is 5.25. The van der Waals surface area contributed by atoms with Gasteiger partial charge in [0.1, 0.15) is 11.5 Å². The first-order chi connectivity index (χ1) is 10.6. The molecule has 0 bridgehead atoms. The second kappa shape index (κ2) is 7.68. The van der Waals surface area contributed by atoms with Crippen LogP contribution in [-0.4, -0.2) is 43.0 Å². The highest BCUT2D eigenvalue weighted by atomic mass is 16.5. The molecular weight excluding hydrogens is 284 g/mol. The number of primary amides is 1. The number of piperidine rings is 1. The van der Waals surface area contributed by atoms with Gasteiger partial charge in [-0.3, -0.25) is 9.59 Å². The molecule has 2 rings (SSSR count). The van der Waals surface area contributed by atoms with Crippen LogP contribution in [-0.2, 0) is 9.59 Å². The predicted molar refractivity (Wildman–Crippen MR) is 81.6 cm³/mol. The van der Waals surface area contributed by atoms with Crippen LogP contribution in [0.4, 0.5) is 0 Å². The molecule has 6 heteroatoms. The van der Waals surface area contributed by atoms with Gasteiger partial charge in [0.25, 0.3) is 5.91 Å². The smallest absolute Gasteiger partial charge is 0.260 e. The summed E-state index contributed by atoms with van der Waals surface area (Å²) in [7, 11) is 0. The van der Waals surface area contributed by atoms with Gasteiger partial charge >= 0.3 is 0 Å². The zero-order chi connectivity index (χ0) is 15.9. The summed E-state index contributed by atoms with van der Waals surface area (Å²) in [6.45, 7) is 3.64. The van der Waals surface area contributed by atoms with Crippen molar-refractivity contribution in [1.82, 2.24) is 4.90 Å². The molecule has 0 aromatic heterocycles. The largest absolute Gasteiger partial charge is 0.494 e. The van der Waals surface area contributed by atoms with E-state index in [1.165, 1.54) is 0 Å². The fraction of sp³-hybridized carbons (Fsp3) is 0.500. The number of ether oxygens (including phenoxy) is 2. The van der Waals surface area contributed by atoms with E-state index in [1.54, 1.807) is 17.0 Å². The number of nitrogens with two attached hydrogens (primary N) is 1. The first-order valence-corrected chi connectivity index (χ1v) is 7.53. The normalized spacial score (nSPS) is 15.4. The standard InChI is InChI=1S/C16H22N2O4/c1-2-21-13-3-5-14(6-4-13)22-11-15(19)18-9-7-12(8-10-18)16(17)20/h3-6,12H,2,7-11H2,1H3,(H2,17,20). The Balaban J connectivity index is 1.77. The minimum Gasteiger partial charge on any atom is -0.494 e. The van der Waals surface area contributed by atoms with Crippen molar-refractivity contribution < 1.29 is 19.1 Å². The highest BCUT2D eigenvalue weighted by molar-refractivity contribution is 5.79. The van der Waals surface area contributed by atoms with E-state index < -0.39 is 0 Å². The molecule has 1 aromatic carbocycles. The predicted octanol–water partition coefficient (Wildman–Crippen LogP) is 1.19. The molecule has 120 valence electrons. The lowest BCUT2D eigenvalue weighted by atomic mass is 9.96. The van der Waals surface area contributed by atoms with Gasteiger partial charge in [-0.05, 0) is 44.0 Å². The Labute approximate surface area is 130 Å². The minimum atomic E-state index is -0.280. The van der Waals surface area contributed by atoms with Gasteiger partial charge in [-0.2, -0.15) is 0 Å². The molecule has 0 unspecified atom stereocenters. The van der Waals surface area contributed by atoms with Crippen LogP contribution in [0.2, 0.25) is 0 Å². The quantitative estimate of drug-likeness (QED) is 0.856. The van der Waals surface area contributed by atoms with Gasteiger partial charge in [-0.25, -0.2) is 0 Å². The van der Waals surface area contributed by atoms with Crippen LogP contribution >= 0.6 is 0 Å². The Morgan fingerprint density at radius 1 is 1.14 bits per heavy atom. The van der Waals surface area contributed by atoms with Gasteiger partial charge in [-0.15, -0.1) is 0 Å². The average Bonchev–Trinajstić information content (AvgIpc) is 2.54. The van der Waals surface area contributed by atoms with Crippen molar-refractivity contribution in [3.05, 3.63) is 24.3 Å². The van der Waals surface area contributed by atoms with E-state index in [2.05, 4.69) is 0 Å². The molecule has 1 aliphatic heterocycles. The number of rotatable bonds is 6. The third kappa shape index (κ3) is 4.38. The third-order valence-electron chi connectivity index (χ3n) is 3.75. The number of likely N-dealkylation sites (tertiary alicyclic amines) is 1. The number of carbonyl (C=O) groups excluding carboxylic acids is 2. The molecule has 0 radical (unpaired) electrons. The van der Waals surface area contributed by atoms with Crippen LogP contribution in [0.25, 0.3) is 0 Å². The summed E-state index contributed by atoms with van der Waals surface area (Å²) in [6, 6.07) is 7.17. The molecule has 1 aliphatic rings. The average molecular weight is 306 g/mol. The van der Waals surface area contributed by atoms with Gasteiger partial charge in [0.2, 0.25) is 5.91 Å². The monoisotopic (exact) mass is 306 g/mol. The van der Waals surface area contributed by atoms with Crippen molar-refractivity contribution in [2.24, 2.45) is 11.7 Å². The van der Waals surface area contributed by atoms with E-state index in [9.17, 15) is 9.59 Å². The Morgan fingerprint density at radius 3 is 2.18 bits per heavy atom. The van der Waals surface area contributed by atoms with E-state index in [-0.39, 0.29) is 24.3 Å². The third-order valence-corrected chi connectivity index (χ3v) is 3.75. The lowest BCUT2D eigenvalue weighted by Gasteiger charge is -2.30. The summed E-state index contributed by atoms with van der Waals surface area (Å²) >= 11 is 0. The van der Waals surface area contributed by atoms with Gasteiger partial charge in [-0.1, -0.05) is 0 Å². The number of amides is 2. The van der Waals surface area contributed by atoms with Crippen molar-refractivity contribution in [3.8, 4) is 11.5 Å². The number of nitrogens with zero attached hydrogens (tertiary/aromatic N) is 1. The molecule has 2 N–H and O–H groups in total. The molecule has 2 amide bonds. The Hall–Kier alpha value is -2.24. The maximum Gasteiger partial charge on any atom is 0.260 e. The zero-order valence-electron chi connectivity index (χ0n) is 12.8. The number of carbonyl (C=O) groups is 2. The molecule has 22 heavy (non-hydrogen) atoms. The van der Waals surface area contributed by atoms with Crippen molar-refractivity contribution in [2.75, 3.05) is 26.3 Å². The first kappa shape index (κ1) is 16.1. The second-order valence-electron chi connectivity index (χ2n) is 5.25. The Bertz CT molecular complexity index is 507. The van der Waals surface area contributed by atoms with E-state index in [1.807, 2.05) is 19.1 Å². The Kier molecular flexibility index (Phi) is 5.63. The molecule has 0 spiro atoms. The maximum absolute atomic E-state index is 12.1. The Morgan fingerprint density at radius 2 is 1.68 bits per heavy atom. The molecule has 0 atom stereocenters. The summed E-state index contributed by atoms with van der Waals surface area (Å²) in [4.78, 5) is 24.9. The minimum absolute atomic E-state index is 0.00474. The van der Waals surface area contributed by atoms with Gasteiger partial charge in [0.05, 0.1) is 6.61 Å². The lowest BCUT2D eigenvalue weighted by molar-refractivity contribution is -0.136. The van der Waals surface area contributed by atoms with Crippen LogP contribution in [0.1, 0.15) is 19.8 Å². The van der Waals surface area contributed by atoms with Crippen LogP contribution in [0, 0.1) is 5.92 Å². The van der Waals surface area contributed by atoms with E-state index >= 15 is 0 Å². The van der Waals surface area contributed by atoms with Gasteiger partial charge in [0.15, 0.2) is 6.61 Å². The topological polar surface area (TPSA) is 81.9 Å². The number of hydrogen-bond acceptors (Lipinski definition) is 4. The molecule has 0 saturated carbocycles. The van der Waals surface area contributed by atoms with Crippen molar-refractivity contribution in [1.29, 1.82) is 0 Å². The van der Waals surface area contributed by atoms with Crippen molar-refractivity contribution in [2.45, 2.75) is 19.8 Å². The molecule has 1 saturated heterocycles. The van der Waals surface area contributed by atoms with Gasteiger partial charge in [0, 0.05) is 19.0 Å². The van der Waals surface area contributed by atoms with Crippen LogP contribution in [0.5, 0.6) is 11.5 Å². The van der Waals surface area contributed by atoms with Gasteiger partial charge < -0.3 is 20.1 Å². The summed E-state index contributed by atoms with van der Waals surface area (Å²) in [5, 5.41) is 0. The first-order valence-electron chi connectivity index (χ1n) is 7.53. The van der Waals surface area contributed by atoms with E-state index in [0.29, 0.717) is 38.3 Å². The number of hydrogen-bond donors (Lipinski definition) is 1. The molecule has 1 fully saturated rings. The highest BCUT2D eigenvalue weighted by Gasteiger charge is 2.25. The van der Waals surface area contributed by atoms with Crippen molar-refractivity contribution in [3.63, 3.8) is 0 Å². The van der Waals surface area contributed by atoms with E-state index in [4.69, 9.17) is 15.2 Å². The maximum atomic E-state index is 12.1. The zero-order valence-corrected chi connectivity index (χ0v) is 12.8. The van der Waals surface area contributed by atoms with Crippen molar-refractivity contribution >= 4 is 11.8 Å². The molecule has 1 aromatic rings. The molecular formula is C16H22N2O4. The van der Waals surface area contributed by atoms with Crippen LogP contribution in [0.3, 0.4) is 0 Å². The fourth-order valence-electron chi connectivity index (χ4n) is 2.45. The van der Waals surface area contributed by atoms with Crippen LogP contribution < -0.4 is 15.2 Å². The highest BCUT2D eigenvalue weighted by Crippen LogP contribution is 2.19. The summed E-state index contributed by atoms with van der Waals surface area (Å²) < 4.78 is 10.8.